The molecule has 0 bridgehead atoms. The highest BCUT2D eigenvalue weighted by atomic mass is 32.1. The second-order valence-electron chi connectivity index (χ2n) is 6.89. The second kappa shape index (κ2) is 8.90. The summed E-state index contributed by atoms with van der Waals surface area (Å²) < 4.78 is 7.78. The number of benzene rings is 1. The summed E-state index contributed by atoms with van der Waals surface area (Å²) in [5.41, 5.74) is 2.17. The minimum Gasteiger partial charge on any atom is -0.493 e. The molecule has 0 saturated heterocycles. The Hall–Kier alpha value is -2.54. The van der Waals surface area contributed by atoms with Gasteiger partial charge in [-0.15, -0.1) is 11.3 Å². The van der Waals surface area contributed by atoms with Gasteiger partial charge in [0, 0.05) is 24.8 Å². The highest BCUT2D eigenvalue weighted by Gasteiger charge is 2.09. The molecule has 7 heteroatoms. The van der Waals surface area contributed by atoms with Crippen LogP contribution in [0.5, 0.6) is 5.75 Å². The highest BCUT2D eigenvalue weighted by Crippen LogP contribution is 2.18. The van der Waals surface area contributed by atoms with Gasteiger partial charge < -0.3 is 15.4 Å². The standard InChI is InChI=1S/C20H27N5OS/c1-14(2)13-26-18-7-5-16(6-8-18)15(3)23-19(21-4)22-11-17-12-25-9-10-27-20(25)24-17/h5-10,12,14-15H,11,13H2,1-4H3,(H2,21,22,23). The fraction of sp³-hybridized carbons (Fsp3) is 0.400. The Morgan fingerprint density at radius 1 is 1.26 bits per heavy atom. The van der Waals surface area contributed by atoms with Crippen molar-refractivity contribution in [1.82, 2.24) is 20.0 Å². The Balaban J connectivity index is 1.53. The van der Waals surface area contributed by atoms with E-state index in [1.54, 1.807) is 18.4 Å². The van der Waals surface area contributed by atoms with E-state index >= 15 is 0 Å². The molecule has 6 nitrogen and oxygen atoms in total. The number of guanidine groups is 1. The first-order valence-electron chi connectivity index (χ1n) is 9.16. The van der Waals surface area contributed by atoms with E-state index in [0.717, 1.165) is 29.0 Å². The molecule has 3 aromatic rings. The smallest absolute Gasteiger partial charge is 0.193 e. The monoisotopic (exact) mass is 385 g/mol. The SMILES string of the molecule is CN=C(NCc1cn2ccsc2n1)NC(C)c1ccc(OCC(C)C)cc1. The van der Waals surface area contributed by atoms with Crippen molar-refractivity contribution in [2.24, 2.45) is 10.9 Å². The van der Waals surface area contributed by atoms with Crippen molar-refractivity contribution < 1.29 is 4.74 Å². The van der Waals surface area contributed by atoms with Crippen molar-refractivity contribution in [3.63, 3.8) is 0 Å². The van der Waals surface area contributed by atoms with E-state index in [1.807, 2.05) is 34.3 Å². The lowest BCUT2D eigenvalue weighted by Gasteiger charge is -2.18. The predicted octanol–water partition coefficient (Wildman–Crippen LogP) is 3.86. The lowest BCUT2D eigenvalue weighted by atomic mass is 10.1. The second-order valence-corrected chi connectivity index (χ2v) is 7.76. The molecule has 3 rings (SSSR count). The van der Waals surface area contributed by atoms with Crippen molar-refractivity contribution in [3.8, 4) is 5.75 Å². The zero-order valence-corrected chi connectivity index (χ0v) is 17.1. The first-order chi connectivity index (χ1) is 13.0. The van der Waals surface area contributed by atoms with Gasteiger partial charge in [0.15, 0.2) is 10.9 Å². The molecule has 1 atom stereocenters. The number of aromatic nitrogens is 2. The summed E-state index contributed by atoms with van der Waals surface area (Å²) in [7, 11) is 1.77. The Morgan fingerprint density at radius 3 is 2.70 bits per heavy atom. The number of hydrogen-bond donors (Lipinski definition) is 2. The van der Waals surface area contributed by atoms with Gasteiger partial charge in [0.05, 0.1) is 24.9 Å². The first kappa shape index (κ1) is 19.2. The summed E-state index contributed by atoms with van der Waals surface area (Å²) in [5.74, 6) is 2.17. The number of rotatable bonds is 7. The number of ether oxygens (including phenoxy) is 1. The van der Waals surface area contributed by atoms with Crippen molar-refractivity contribution >= 4 is 22.3 Å². The maximum Gasteiger partial charge on any atom is 0.193 e. The number of fused-ring (bicyclic) bond motifs is 1. The Bertz CT molecular complexity index is 853. The summed E-state index contributed by atoms with van der Waals surface area (Å²) in [5, 5.41) is 8.77. The van der Waals surface area contributed by atoms with Crippen molar-refractivity contribution in [2.75, 3.05) is 13.7 Å². The largest absolute Gasteiger partial charge is 0.493 e. The maximum atomic E-state index is 5.75. The molecule has 1 unspecified atom stereocenters. The molecular formula is C20H27N5OS. The summed E-state index contributed by atoms with van der Waals surface area (Å²) in [4.78, 5) is 9.90. The Labute approximate surface area is 164 Å². The van der Waals surface area contributed by atoms with Crippen LogP contribution in [0.25, 0.3) is 4.96 Å². The van der Waals surface area contributed by atoms with Crippen LogP contribution >= 0.6 is 11.3 Å². The molecule has 1 aromatic carbocycles. The highest BCUT2D eigenvalue weighted by molar-refractivity contribution is 7.15. The molecule has 2 heterocycles. The Morgan fingerprint density at radius 2 is 2.04 bits per heavy atom. The van der Waals surface area contributed by atoms with E-state index in [4.69, 9.17) is 4.74 Å². The third-order valence-corrected chi connectivity index (χ3v) is 4.89. The van der Waals surface area contributed by atoms with Gasteiger partial charge in [0.1, 0.15) is 5.75 Å². The molecule has 0 aliphatic rings. The van der Waals surface area contributed by atoms with Crippen molar-refractivity contribution in [2.45, 2.75) is 33.4 Å². The molecule has 0 amide bonds. The lowest BCUT2D eigenvalue weighted by Crippen LogP contribution is -2.38. The molecule has 2 aromatic heterocycles. The van der Waals surface area contributed by atoms with E-state index in [-0.39, 0.29) is 6.04 Å². The topological polar surface area (TPSA) is 63.0 Å². The summed E-state index contributed by atoms with van der Waals surface area (Å²) in [6, 6.07) is 8.34. The minimum absolute atomic E-state index is 0.126. The van der Waals surface area contributed by atoms with Crippen LogP contribution < -0.4 is 15.4 Å². The van der Waals surface area contributed by atoms with Gasteiger partial charge in [-0.3, -0.25) is 9.39 Å². The van der Waals surface area contributed by atoms with Crippen LogP contribution in [-0.2, 0) is 6.54 Å². The third-order valence-electron chi connectivity index (χ3n) is 4.12. The molecule has 0 spiro atoms. The van der Waals surface area contributed by atoms with Crippen LogP contribution in [0.4, 0.5) is 0 Å². The van der Waals surface area contributed by atoms with Gasteiger partial charge in [0.2, 0.25) is 0 Å². The molecule has 0 saturated carbocycles. The van der Waals surface area contributed by atoms with Gasteiger partial charge in [-0.25, -0.2) is 4.98 Å². The molecule has 27 heavy (non-hydrogen) atoms. The number of thiazole rings is 1. The van der Waals surface area contributed by atoms with Crippen LogP contribution in [0.3, 0.4) is 0 Å². The Kier molecular flexibility index (Phi) is 6.34. The predicted molar refractivity (Wildman–Crippen MR) is 112 cm³/mol. The molecular weight excluding hydrogens is 358 g/mol. The zero-order chi connectivity index (χ0) is 19.2. The van der Waals surface area contributed by atoms with Gasteiger partial charge in [0.25, 0.3) is 0 Å². The number of nitrogens with one attached hydrogen (secondary N) is 2. The van der Waals surface area contributed by atoms with E-state index in [1.165, 1.54) is 5.56 Å². The number of imidazole rings is 1. The zero-order valence-electron chi connectivity index (χ0n) is 16.3. The minimum atomic E-state index is 0.126. The van der Waals surface area contributed by atoms with Gasteiger partial charge in [-0.05, 0) is 30.5 Å². The van der Waals surface area contributed by atoms with Crippen LogP contribution in [-0.4, -0.2) is 29.0 Å². The van der Waals surface area contributed by atoms with E-state index in [2.05, 4.69) is 53.5 Å². The average Bonchev–Trinajstić information content (AvgIpc) is 3.25. The summed E-state index contributed by atoms with van der Waals surface area (Å²) in [6.45, 7) is 7.76. The molecule has 2 N–H and O–H groups in total. The summed E-state index contributed by atoms with van der Waals surface area (Å²) in [6.07, 6.45) is 4.05. The molecule has 0 aliphatic carbocycles. The molecule has 0 aliphatic heterocycles. The van der Waals surface area contributed by atoms with E-state index in [9.17, 15) is 0 Å². The van der Waals surface area contributed by atoms with Crippen LogP contribution in [0.2, 0.25) is 0 Å². The number of aliphatic imine (C=N–C) groups is 1. The van der Waals surface area contributed by atoms with E-state index in [0.29, 0.717) is 12.5 Å². The van der Waals surface area contributed by atoms with Crippen LogP contribution in [0.15, 0.2) is 47.0 Å². The normalized spacial score (nSPS) is 13.1. The molecule has 144 valence electrons. The lowest BCUT2D eigenvalue weighted by molar-refractivity contribution is 0.271. The fourth-order valence-electron chi connectivity index (χ4n) is 2.63. The quantitative estimate of drug-likeness (QED) is 0.479. The number of nitrogens with zero attached hydrogens (tertiary/aromatic N) is 3. The van der Waals surface area contributed by atoms with Gasteiger partial charge in [-0.1, -0.05) is 26.0 Å². The van der Waals surface area contributed by atoms with Crippen LogP contribution in [0.1, 0.15) is 38.1 Å². The average molecular weight is 386 g/mol. The molecule has 0 radical (unpaired) electrons. The van der Waals surface area contributed by atoms with E-state index < -0.39 is 0 Å². The maximum absolute atomic E-state index is 5.75. The van der Waals surface area contributed by atoms with Crippen molar-refractivity contribution in [3.05, 3.63) is 53.3 Å². The fourth-order valence-corrected chi connectivity index (χ4v) is 3.35. The van der Waals surface area contributed by atoms with Crippen molar-refractivity contribution in [1.29, 1.82) is 0 Å². The van der Waals surface area contributed by atoms with Crippen LogP contribution in [0, 0.1) is 5.92 Å². The van der Waals surface area contributed by atoms with Gasteiger partial charge >= 0.3 is 0 Å². The third kappa shape index (κ3) is 5.23. The van der Waals surface area contributed by atoms with Gasteiger partial charge in [-0.2, -0.15) is 0 Å². The first-order valence-corrected chi connectivity index (χ1v) is 10.0. The number of hydrogen-bond acceptors (Lipinski definition) is 4. The summed E-state index contributed by atoms with van der Waals surface area (Å²) >= 11 is 1.63. The molecule has 0 fully saturated rings.